The Balaban J connectivity index is 1.94. The summed E-state index contributed by atoms with van der Waals surface area (Å²) in [5, 5.41) is 14.2. The van der Waals surface area contributed by atoms with Gasteiger partial charge in [0.1, 0.15) is 17.5 Å². The summed E-state index contributed by atoms with van der Waals surface area (Å²) in [5.41, 5.74) is 3.12. The average Bonchev–Trinajstić information content (AvgIpc) is 3.22. The second kappa shape index (κ2) is 8.67. The zero-order chi connectivity index (χ0) is 23.7. The van der Waals surface area contributed by atoms with Gasteiger partial charge in [0.05, 0.1) is 11.4 Å². The largest absolute Gasteiger partial charge is 0.271 e. The zero-order valence-electron chi connectivity index (χ0n) is 18.4. The van der Waals surface area contributed by atoms with Gasteiger partial charge in [-0.25, -0.2) is 9.07 Å². The van der Waals surface area contributed by atoms with Crippen molar-refractivity contribution in [3.05, 3.63) is 88.9 Å². The summed E-state index contributed by atoms with van der Waals surface area (Å²) in [6.07, 6.45) is 3.41. The van der Waals surface area contributed by atoms with Crippen LogP contribution in [0.5, 0.6) is 0 Å². The first kappa shape index (κ1) is 21.9. The van der Waals surface area contributed by atoms with Crippen molar-refractivity contribution in [3.63, 3.8) is 0 Å². The Hall–Kier alpha value is -4.31. The fraction of sp³-hybridized carbons (Fsp3) is 0.154. The number of hydrogen-bond donors (Lipinski definition) is 0. The van der Waals surface area contributed by atoms with Gasteiger partial charge in [-0.15, -0.1) is 0 Å². The fourth-order valence-electron chi connectivity index (χ4n) is 3.76. The van der Waals surface area contributed by atoms with Crippen molar-refractivity contribution < 1.29 is 14.0 Å². The molecule has 4 rings (SSSR count). The summed E-state index contributed by atoms with van der Waals surface area (Å²) in [6, 6.07) is 16.9. The van der Waals surface area contributed by atoms with E-state index in [4.69, 9.17) is 0 Å². The predicted octanol–water partition coefficient (Wildman–Crippen LogP) is 4.68. The van der Waals surface area contributed by atoms with Crippen LogP contribution in [0.15, 0.2) is 77.5 Å². The van der Waals surface area contributed by atoms with Gasteiger partial charge in [-0.3, -0.25) is 14.5 Å². The molecule has 164 valence electrons. The molecule has 0 N–H and O–H groups in total. The molecule has 0 atom stereocenters. The number of aromatic nitrogens is 2. The van der Waals surface area contributed by atoms with Crippen molar-refractivity contribution in [1.29, 1.82) is 5.26 Å². The average molecular weight is 440 g/mol. The number of benzene rings is 2. The highest BCUT2D eigenvalue weighted by molar-refractivity contribution is 6.20. The van der Waals surface area contributed by atoms with Gasteiger partial charge in [-0.1, -0.05) is 18.2 Å². The van der Waals surface area contributed by atoms with Crippen LogP contribution in [0.4, 0.5) is 4.39 Å². The first-order chi connectivity index (χ1) is 15.8. The third kappa shape index (κ3) is 3.99. The molecule has 1 aliphatic rings. The van der Waals surface area contributed by atoms with Gasteiger partial charge in [-0.2, -0.15) is 10.4 Å². The normalized spacial score (nSPS) is 15.5. The first-order valence-electron chi connectivity index (χ1n) is 10.4. The molecule has 0 fully saturated rings. The van der Waals surface area contributed by atoms with Crippen LogP contribution in [0.25, 0.3) is 23.0 Å². The van der Waals surface area contributed by atoms with Crippen LogP contribution in [0.3, 0.4) is 0 Å². The number of nitrogens with zero attached hydrogens (tertiary/aromatic N) is 4. The van der Waals surface area contributed by atoms with E-state index in [2.05, 4.69) is 5.10 Å². The topological polar surface area (TPSA) is 79.0 Å². The third-order valence-electron chi connectivity index (χ3n) is 5.47. The SMILES string of the molecule is CC1=C(C#N)C(=O)N(C(C)C)C(=O)/C1=C/c1cn(-c2ccccc2)nc1-c1ccc(F)cc1. The molecule has 6 nitrogen and oxygen atoms in total. The van der Waals surface area contributed by atoms with Gasteiger partial charge >= 0.3 is 0 Å². The van der Waals surface area contributed by atoms with E-state index in [0.29, 0.717) is 22.4 Å². The molecule has 0 radical (unpaired) electrons. The summed E-state index contributed by atoms with van der Waals surface area (Å²) in [5.74, 6) is -1.43. The number of halogens is 1. The molecule has 0 bridgehead atoms. The number of rotatable bonds is 4. The van der Waals surface area contributed by atoms with Crippen LogP contribution in [-0.4, -0.2) is 32.5 Å². The number of carbonyl (C=O) groups is 2. The highest BCUT2D eigenvalue weighted by Crippen LogP contribution is 2.31. The zero-order valence-corrected chi connectivity index (χ0v) is 18.4. The minimum absolute atomic E-state index is 0.0617. The summed E-state index contributed by atoms with van der Waals surface area (Å²) in [6.45, 7) is 5.04. The maximum atomic E-state index is 13.5. The van der Waals surface area contributed by atoms with Gasteiger partial charge in [-0.05, 0) is 68.8 Å². The van der Waals surface area contributed by atoms with E-state index in [-0.39, 0.29) is 17.0 Å². The summed E-state index contributed by atoms with van der Waals surface area (Å²) in [7, 11) is 0. The van der Waals surface area contributed by atoms with E-state index in [9.17, 15) is 19.2 Å². The van der Waals surface area contributed by atoms with Gasteiger partial charge in [0.2, 0.25) is 0 Å². The maximum Gasteiger partial charge on any atom is 0.271 e. The van der Waals surface area contributed by atoms with Crippen LogP contribution < -0.4 is 0 Å². The smallest absolute Gasteiger partial charge is 0.271 e. The van der Waals surface area contributed by atoms with Crippen molar-refractivity contribution in [3.8, 4) is 23.0 Å². The molecule has 2 amide bonds. The van der Waals surface area contributed by atoms with Crippen LogP contribution in [0, 0.1) is 17.1 Å². The van der Waals surface area contributed by atoms with E-state index in [1.54, 1.807) is 49.9 Å². The van der Waals surface area contributed by atoms with Crippen molar-refractivity contribution >= 4 is 17.9 Å². The Morgan fingerprint density at radius 1 is 1.03 bits per heavy atom. The predicted molar refractivity (Wildman–Crippen MR) is 122 cm³/mol. The van der Waals surface area contributed by atoms with Crippen molar-refractivity contribution in [1.82, 2.24) is 14.7 Å². The molecule has 2 heterocycles. The molecule has 0 saturated heterocycles. The lowest BCUT2D eigenvalue weighted by Gasteiger charge is -2.30. The Morgan fingerprint density at radius 3 is 2.30 bits per heavy atom. The maximum absolute atomic E-state index is 13.5. The Kier molecular flexibility index (Phi) is 5.76. The second-order valence-electron chi connectivity index (χ2n) is 7.96. The molecule has 1 aliphatic heterocycles. The highest BCUT2D eigenvalue weighted by Gasteiger charge is 2.37. The Bertz CT molecular complexity index is 1340. The van der Waals surface area contributed by atoms with Crippen LogP contribution in [-0.2, 0) is 9.59 Å². The van der Waals surface area contributed by atoms with E-state index >= 15 is 0 Å². The van der Waals surface area contributed by atoms with E-state index in [1.165, 1.54) is 12.1 Å². The number of imide groups is 1. The first-order valence-corrected chi connectivity index (χ1v) is 10.4. The van der Waals surface area contributed by atoms with E-state index < -0.39 is 17.9 Å². The van der Waals surface area contributed by atoms with Gasteiger partial charge in [0, 0.05) is 28.9 Å². The van der Waals surface area contributed by atoms with Crippen LogP contribution in [0.1, 0.15) is 26.3 Å². The van der Waals surface area contributed by atoms with E-state index in [1.807, 2.05) is 36.4 Å². The minimum Gasteiger partial charge on any atom is -0.271 e. The molecule has 0 saturated carbocycles. The van der Waals surface area contributed by atoms with Crippen LogP contribution >= 0.6 is 0 Å². The Morgan fingerprint density at radius 2 is 1.70 bits per heavy atom. The lowest BCUT2D eigenvalue weighted by atomic mass is 9.92. The molecule has 33 heavy (non-hydrogen) atoms. The molecule has 2 aromatic carbocycles. The molecular formula is C26H21FN4O2. The Labute approximate surface area is 190 Å². The standard InChI is InChI=1S/C26H21FN4O2/c1-16(2)31-25(32)22(17(3)23(14-28)26(31)33)13-19-15-30(21-7-5-4-6-8-21)29-24(19)18-9-11-20(27)12-10-18/h4-13,15-16H,1-3H3/b22-13+. The van der Waals surface area contributed by atoms with Gasteiger partial charge in [0.25, 0.3) is 11.8 Å². The van der Waals surface area contributed by atoms with E-state index in [0.717, 1.165) is 10.6 Å². The van der Waals surface area contributed by atoms with Gasteiger partial charge in [0.15, 0.2) is 0 Å². The quantitative estimate of drug-likeness (QED) is 0.436. The number of hydrogen-bond acceptors (Lipinski definition) is 4. The summed E-state index contributed by atoms with van der Waals surface area (Å²) >= 11 is 0. The number of amides is 2. The summed E-state index contributed by atoms with van der Waals surface area (Å²) in [4.78, 5) is 27.0. The molecule has 3 aromatic rings. The van der Waals surface area contributed by atoms with Crippen molar-refractivity contribution in [2.75, 3.05) is 0 Å². The molecular weight excluding hydrogens is 419 g/mol. The molecule has 0 spiro atoms. The lowest BCUT2D eigenvalue weighted by Crippen LogP contribution is -2.46. The lowest BCUT2D eigenvalue weighted by molar-refractivity contribution is -0.142. The molecule has 0 unspecified atom stereocenters. The minimum atomic E-state index is -0.592. The number of para-hydroxylation sites is 1. The van der Waals surface area contributed by atoms with Gasteiger partial charge < -0.3 is 0 Å². The van der Waals surface area contributed by atoms with Crippen molar-refractivity contribution in [2.24, 2.45) is 0 Å². The fourth-order valence-corrected chi connectivity index (χ4v) is 3.76. The third-order valence-corrected chi connectivity index (χ3v) is 5.47. The van der Waals surface area contributed by atoms with Crippen LogP contribution in [0.2, 0.25) is 0 Å². The van der Waals surface area contributed by atoms with Crippen molar-refractivity contribution in [2.45, 2.75) is 26.8 Å². The highest BCUT2D eigenvalue weighted by atomic mass is 19.1. The molecule has 7 heteroatoms. The monoisotopic (exact) mass is 440 g/mol. The molecule has 1 aromatic heterocycles. The number of nitriles is 1. The number of carbonyl (C=O) groups excluding carboxylic acids is 2. The second-order valence-corrected chi connectivity index (χ2v) is 7.96. The summed E-state index contributed by atoms with van der Waals surface area (Å²) < 4.78 is 15.2. The molecule has 0 aliphatic carbocycles.